The van der Waals surface area contributed by atoms with E-state index in [1.54, 1.807) is 13.1 Å². The number of nitrogens with zero attached hydrogens (tertiary/aromatic N) is 2. The van der Waals surface area contributed by atoms with Gasteiger partial charge >= 0.3 is 0 Å². The Morgan fingerprint density at radius 3 is 3.06 bits per heavy atom. The Morgan fingerprint density at radius 1 is 1.61 bits per heavy atom. The fraction of sp³-hybridized carbons (Fsp3) is 0.615. The summed E-state index contributed by atoms with van der Waals surface area (Å²) >= 11 is 0. The Balaban J connectivity index is 2.20. The van der Waals surface area contributed by atoms with Crippen LogP contribution < -0.4 is 4.90 Å². The van der Waals surface area contributed by atoms with Crippen LogP contribution in [0.2, 0.25) is 0 Å². The Kier molecular flexibility index (Phi) is 4.16. The summed E-state index contributed by atoms with van der Waals surface area (Å²) in [4.78, 5) is 6.45. The van der Waals surface area contributed by atoms with Crippen molar-refractivity contribution in [2.75, 3.05) is 24.7 Å². The second-order valence-electron chi connectivity index (χ2n) is 4.76. The van der Waals surface area contributed by atoms with Gasteiger partial charge in [0, 0.05) is 12.7 Å². The van der Waals surface area contributed by atoms with Crippen LogP contribution in [0.25, 0.3) is 0 Å². The molecule has 3 atom stereocenters. The van der Waals surface area contributed by atoms with Gasteiger partial charge in [0.2, 0.25) is 0 Å². The van der Waals surface area contributed by atoms with E-state index in [2.05, 4.69) is 16.8 Å². The third kappa shape index (κ3) is 2.80. The Hall–Kier alpha value is -1.17. The van der Waals surface area contributed by atoms with Gasteiger partial charge in [0.05, 0.1) is 31.5 Å². The molecule has 1 aliphatic heterocycles. The summed E-state index contributed by atoms with van der Waals surface area (Å²) in [6.07, 6.45) is 1.03. The largest absolute Gasteiger partial charge is 0.394 e. The molecule has 18 heavy (non-hydrogen) atoms. The second-order valence-corrected chi connectivity index (χ2v) is 4.76. The van der Waals surface area contributed by atoms with Gasteiger partial charge in [-0.2, -0.15) is 0 Å². The minimum Gasteiger partial charge on any atom is -0.394 e. The molecule has 1 aromatic heterocycles. The molecule has 0 radical (unpaired) electrons. The third-order valence-corrected chi connectivity index (χ3v) is 3.26. The van der Waals surface area contributed by atoms with Crippen molar-refractivity contribution in [3.05, 3.63) is 23.9 Å². The van der Waals surface area contributed by atoms with Gasteiger partial charge in [0.15, 0.2) is 0 Å². The molecule has 0 saturated carbocycles. The highest BCUT2D eigenvalue weighted by atomic mass is 16.5. The first-order valence-corrected chi connectivity index (χ1v) is 6.25. The van der Waals surface area contributed by atoms with E-state index in [1.165, 1.54) is 0 Å². The molecule has 1 fully saturated rings. The van der Waals surface area contributed by atoms with E-state index >= 15 is 0 Å². The standard InChI is InChI=1S/C13H20N2O3/c1-9-8-18-12(7-16)6-15(9)13-5-11(10(2)17)3-4-14-13/h3-5,9-10,12,16-17H,6-8H2,1-2H3/t9?,10-,12?/m1/s1. The number of aromatic nitrogens is 1. The van der Waals surface area contributed by atoms with Gasteiger partial charge in [0.25, 0.3) is 0 Å². The maximum atomic E-state index is 9.60. The van der Waals surface area contributed by atoms with Crippen molar-refractivity contribution < 1.29 is 14.9 Å². The van der Waals surface area contributed by atoms with Gasteiger partial charge < -0.3 is 19.8 Å². The summed E-state index contributed by atoms with van der Waals surface area (Å²) in [5.74, 6) is 0.822. The van der Waals surface area contributed by atoms with E-state index in [-0.39, 0.29) is 18.8 Å². The van der Waals surface area contributed by atoms with Gasteiger partial charge in [0.1, 0.15) is 5.82 Å². The molecule has 100 valence electrons. The highest BCUT2D eigenvalue weighted by Gasteiger charge is 2.26. The third-order valence-electron chi connectivity index (χ3n) is 3.26. The van der Waals surface area contributed by atoms with Gasteiger partial charge in [-0.05, 0) is 31.5 Å². The van der Waals surface area contributed by atoms with Crippen molar-refractivity contribution in [2.45, 2.75) is 32.1 Å². The van der Waals surface area contributed by atoms with E-state index < -0.39 is 6.10 Å². The van der Waals surface area contributed by atoms with Crippen LogP contribution in [-0.2, 0) is 4.74 Å². The quantitative estimate of drug-likeness (QED) is 0.830. The van der Waals surface area contributed by atoms with Gasteiger partial charge in [-0.1, -0.05) is 0 Å². The van der Waals surface area contributed by atoms with Gasteiger partial charge in [-0.25, -0.2) is 4.98 Å². The summed E-state index contributed by atoms with van der Waals surface area (Å²) < 4.78 is 5.50. The average Bonchev–Trinajstić information content (AvgIpc) is 2.39. The number of aliphatic hydroxyl groups is 2. The van der Waals surface area contributed by atoms with Crippen LogP contribution in [0.1, 0.15) is 25.5 Å². The molecule has 1 aromatic rings. The van der Waals surface area contributed by atoms with E-state index in [0.717, 1.165) is 11.4 Å². The molecule has 0 spiro atoms. The van der Waals surface area contributed by atoms with Crippen molar-refractivity contribution in [3.63, 3.8) is 0 Å². The first-order valence-electron chi connectivity index (χ1n) is 6.25. The molecule has 0 amide bonds. The monoisotopic (exact) mass is 252 g/mol. The molecule has 5 nitrogen and oxygen atoms in total. The van der Waals surface area contributed by atoms with Crippen LogP contribution in [0.4, 0.5) is 5.82 Å². The van der Waals surface area contributed by atoms with Crippen molar-refractivity contribution in [1.82, 2.24) is 4.98 Å². The smallest absolute Gasteiger partial charge is 0.129 e. The molecule has 2 rings (SSSR count). The predicted octanol–water partition coefficient (Wildman–Crippen LogP) is 0.721. The lowest BCUT2D eigenvalue weighted by Crippen LogP contribution is -2.50. The lowest BCUT2D eigenvalue weighted by atomic mass is 10.1. The fourth-order valence-electron chi connectivity index (χ4n) is 2.10. The number of aliphatic hydroxyl groups excluding tert-OH is 2. The van der Waals surface area contributed by atoms with Crippen molar-refractivity contribution in [3.8, 4) is 0 Å². The van der Waals surface area contributed by atoms with Gasteiger partial charge in [-0.3, -0.25) is 0 Å². The first kappa shape index (κ1) is 13.3. The van der Waals surface area contributed by atoms with Crippen LogP contribution >= 0.6 is 0 Å². The first-order chi connectivity index (χ1) is 8.61. The number of morpholine rings is 1. The minimum atomic E-state index is -0.503. The molecular weight excluding hydrogens is 232 g/mol. The summed E-state index contributed by atoms with van der Waals surface area (Å²) in [6, 6.07) is 3.91. The summed E-state index contributed by atoms with van der Waals surface area (Å²) in [5.41, 5.74) is 0.847. The molecular formula is C13H20N2O3. The molecule has 5 heteroatoms. The van der Waals surface area contributed by atoms with E-state index in [4.69, 9.17) is 4.74 Å². The summed E-state index contributed by atoms with van der Waals surface area (Å²) in [7, 11) is 0. The zero-order valence-electron chi connectivity index (χ0n) is 10.8. The number of hydrogen-bond acceptors (Lipinski definition) is 5. The molecule has 2 unspecified atom stereocenters. The number of hydrogen-bond donors (Lipinski definition) is 2. The molecule has 0 aromatic carbocycles. The number of ether oxygens (including phenoxy) is 1. The Morgan fingerprint density at radius 2 is 2.39 bits per heavy atom. The topological polar surface area (TPSA) is 65.8 Å². The Bertz CT molecular complexity index is 398. The minimum absolute atomic E-state index is 0.0132. The van der Waals surface area contributed by atoms with Gasteiger partial charge in [-0.15, -0.1) is 0 Å². The lowest BCUT2D eigenvalue weighted by molar-refractivity contribution is -0.0105. The van der Waals surface area contributed by atoms with Crippen LogP contribution in [0.15, 0.2) is 18.3 Å². The molecule has 1 saturated heterocycles. The Labute approximate surface area is 107 Å². The molecule has 0 aliphatic carbocycles. The predicted molar refractivity (Wildman–Crippen MR) is 68.5 cm³/mol. The number of anilines is 1. The van der Waals surface area contributed by atoms with Crippen LogP contribution in [0.3, 0.4) is 0 Å². The molecule has 0 bridgehead atoms. The fourth-order valence-corrected chi connectivity index (χ4v) is 2.10. The van der Waals surface area contributed by atoms with Crippen molar-refractivity contribution in [1.29, 1.82) is 0 Å². The normalized spacial score (nSPS) is 26.1. The van der Waals surface area contributed by atoms with E-state index in [1.807, 2.05) is 12.1 Å². The van der Waals surface area contributed by atoms with E-state index in [0.29, 0.717) is 13.2 Å². The average molecular weight is 252 g/mol. The highest BCUT2D eigenvalue weighted by Crippen LogP contribution is 2.22. The van der Waals surface area contributed by atoms with E-state index in [9.17, 15) is 10.2 Å². The highest BCUT2D eigenvalue weighted by molar-refractivity contribution is 5.43. The zero-order chi connectivity index (χ0) is 13.1. The van der Waals surface area contributed by atoms with Crippen LogP contribution in [0.5, 0.6) is 0 Å². The van der Waals surface area contributed by atoms with Crippen LogP contribution in [-0.4, -0.2) is 47.1 Å². The molecule has 2 N–H and O–H groups in total. The lowest BCUT2D eigenvalue weighted by Gasteiger charge is -2.38. The zero-order valence-corrected chi connectivity index (χ0v) is 10.8. The summed E-state index contributed by atoms with van der Waals surface area (Å²) in [6.45, 7) is 5.00. The van der Waals surface area contributed by atoms with Crippen LogP contribution in [0, 0.1) is 0 Å². The number of rotatable bonds is 3. The maximum Gasteiger partial charge on any atom is 0.129 e. The maximum absolute atomic E-state index is 9.60. The summed E-state index contributed by atoms with van der Waals surface area (Å²) in [5, 5.41) is 18.8. The van der Waals surface area contributed by atoms with Crippen molar-refractivity contribution in [2.24, 2.45) is 0 Å². The molecule has 2 heterocycles. The second kappa shape index (κ2) is 5.65. The van der Waals surface area contributed by atoms with Crippen molar-refractivity contribution >= 4 is 5.82 Å². The SMILES string of the molecule is CC1COC(CO)CN1c1cc([C@@H](C)O)ccn1. The number of pyridine rings is 1. The molecule has 1 aliphatic rings.